The van der Waals surface area contributed by atoms with Gasteiger partial charge in [-0.15, -0.1) is 0 Å². The Balaban J connectivity index is 2.92. The van der Waals surface area contributed by atoms with E-state index in [1.807, 2.05) is 6.92 Å². The summed E-state index contributed by atoms with van der Waals surface area (Å²) in [5.41, 5.74) is 0.487. The first-order valence-corrected chi connectivity index (χ1v) is 7.92. The van der Waals surface area contributed by atoms with Gasteiger partial charge < -0.3 is 4.74 Å². The normalized spacial score (nSPS) is 11.1. The van der Waals surface area contributed by atoms with Crippen molar-refractivity contribution in [1.29, 1.82) is 0 Å². The van der Waals surface area contributed by atoms with Gasteiger partial charge in [0, 0.05) is 0 Å². The summed E-state index contributed by atoms with van der Waals surface area (Å²) < 4.78 is 31.0. The lowest BCUT2D eigenvalue weighted by atomic mass is 10.2. The van der Waals surface area contributed by atoms with Crippen molar-refractivity contribution >= 4 is 21.7 Å². The van der Waals surface area contributed by atoms with Crippen molar-refractivity contribution in [3.8, 4) is 0 Å². The lowest BCUT2D eigenvalue weighted by molar-refractivity contribution is 0.0527. The molecule has 0 saturated carbocycles. The predicted molar refractivity (Wildman–Crippen MR) is 74.7 cm³/mol. The molecule has 1 aromatic carbocycles. The maximum absolute atomic E-state index is 11.8. The minimum absolute atomic E-state index is 0.0423. The Hall–Kier alpha value is -1.56. The summed E-state index contributed by atoms with van der Waals surface area (Å²) in [6.07, 6.45) is 1.37. The molecule has 0 saturated heterocycles. The molecule has 0 amide bonds. The Morgan fingerprint density at radius 2 is 1.95 bits per heavy atom. The minimum Gasteiger partial charge on any atom is -0.462 e. The number of benzene rings is 1. The van der Waals surface area contributed by atoms with E-state index in [2.05, 4.69) is 4.72 Å². The van der Waals surface area contributed by atoms with Gasteiger partial charge in [-0.3, -0.25) is 4.72 Å². The molecule has 0 bridgehead atoms. The summed E-state index contributed by atoms with van der Waals surface area (Å²) in [6, 6.07) is 6.42. The molecule has 6 heteroatoms. The molecule has 1 aromatic rings. The first kappa shape index (κ1) is 15.5. The van der Waals surface area contributed by atoms with Crippen LogP contribution in [0.5, 0.6) is 0 Å². The zero-order valence-electron chi connectivity index (χ0n) is 11.2. The van der Waals surface area contributed by atoms with E-state index >= 15 is 0 Å². The largest absolute Gasteiger partial charge is 0.462 e. The maximum Gasteiger partial charge on any atom is 0.340 e. The number of esters is 1. The molecule has 0 spiro atoms. The Labute approximate surface area is 114 Å². The van der Waals surface area contributed by atoms with E-state index in [4.69, 9.17) is 4.74 Å². The molecular formula is C13H19NO4S. The Morgan fingerprint density at radius 1 is 1.26 bits per heavy atom. The van der Waals surface area contributed by atoms with Crippen LogP contribution in [-0.4, -0.2) is 26.7 Å². The number of carbonyl (C=O) groups excluding carboxylic acids is 1. The van der Waals surface area contributed by atoms with Crippen LogP contribution in [0.3, 0.4) is 0 Å². The highest BCUT2D eigenvalue weighted by Crippen LogP contribution is 2.18. The second-order valence-corrected chi connectivity index (χ2v) is 5.88. The van der Waals surface area contributed by atoms with Crippen molar-refractivity contribution in [2.24, 2.45) is 0 Å². The van der Waals surface area contributed by atoms with Gasteiger partial charge in [0.25, 0.3) is 0 Å². The average molecular weight is 285 g/mol. The average Bonchev–Trinajstić information content (AvgIpc) is 2.37. The van der Waals surface area contributed by atoms with Gasteiger partial charge in [0.1, 0.15) is 0 Å². The third kappa shape index (κ3) is 4.90. The van der Waals surface area contributed by atoms with Crippen LogP contribution in [0.4, 0.5) is 5.69 Å². The van der Waals surface area contributed by atoms with E-state index in [9.17, 15) is 13.2 Å². The van der Waals surface area contributed by atoms with E-state index in [1.165, 1.54) is 6.07 Å². The molecule has 1 rings (SSSR count). The molecule has 0 fully saturated rings. The number of nitrogens with one attached hydrogen (secondary N) is 1. The van der Waals surface area contributed by atoms with Gasteiger partial charge in [-0.2, -0.15) is 0 Å². The molecule has 0 radical (unpaired) electrons. The number of rotatable bonds is 7. The molecule has 0 aromatic heterocycles. The van der Waals surface area contributed by atoms with E-state index in [0.717, 1.165) is 6.42 Å². The number of hydrogen-bond donors (Lipinski definition) is 1. The molecular weight excluding hydrogens is 266 g/mol. The minimum atomic E-state index is -3.43. The van der Waals surface area contributed by atoms with E-state index in [1.54, 1.807) is 25.1 Å². The molecule has 0 aliphatic heterocycles. The predicted octanol–water partition coefficient (Wildman–Crippen LogP) is 2.41. The van der Waals surface area contributed by atoms with Crippen molar-refractivity contribution in [2.45, 2.75) is 26.7 Å². The number of anilines is 1. The summed E-state index contributed by atoms with van der Waals surface area (Å²) in [7, 11) is -3.43. The highest BCUT2D eigenvalue weighted by Gasteiger charge is 2.16. The van der Waals surface area contributed by atoms with Crippen molar-refractivity contribution < 1.29 is 17.9 Å². The van der Waals surface area contributed by atoms with Gasteiger partial charge in [0.15, 0.2) is 0 Å². The highest BCUT2D eigenvalue weighted by atomic mass is 32.2. The van der Waals surface area contributed by atoms with Crippen LogP contribution in [0.1, 0.15) is 37.0 Å². The molecule has 0 aliphatic carbocycles. The number of carbonyl (C=O) groups is 1. The smallest absolute Gasteiger partial charge is 0.340 e. The first-order chi connectivity index (χ1) is 9.00. The van der Waals surface area contributed by atoms with Crippen molar-refractivity contribution in [3.63, 3.8) is 0 Å². The molecule has 106 valence electrons. The Morgan fingerprint density at radius 3 is 2.58 bits per heavy atom. The zero-order valence-corrected chi connectivity index (χ0v) is 12.0. The summed E-state index contributed by atoms with van der Waals surface area (Å²) in [4.78, 5) is 11.7. The van der Waals surface area contributed by atoms with Crippen molar-refractivity contribution in [2.75, 3.05) is 17.1 Å². The lowest BCUT2D eigenvalue weighted by Crippen LogP contribution is -2.19. The third-order valence-electron chi connectivity index (χ3n) is 2.45. The molecule has 19 heavy (non-hydrogen) atoms. The SMILES string of the molecule is CCCCS(=O)(=O)Nc1ccccc1C(=O)OCC. The fourth-order valence-corrected chi connectivity index (χ4v) is 2.80. The van der Waals surface area contributed by atoms with E-state index in [-0.39, 0.29) is 23.6 Å². The summed E-state index contributed by atoms with van der Waals surface area (Å²) in [5, 5.41) is 0. The zero-order chi connectivity index (χ0) is 14.3. The number of hydrogen-bond acceptors (Lipinski definition) is 4. The van der Waals surface area contributed by atoms with Gasteiger partial charge in [-0.05, 0) is 25.5 Å². The fourth-order valence-electron chi connectivity index (χ4n) is 1.51. The second-order valence-electron chi connectivity index (χ2n) is 4.04. The van der Waals surface area contributed by atoms with Crippen molar-refractivity contribution in [3.05, 3.63) is 29.8 Å². The first-order valence-electron chi connectivity index (χ1n) is 6.26. The standard InChI is InChI=1S/C13H19NO4S/c1-3-5-10-19(16,17)14-12-9-7-6-8-11(12)13(15)18-4-2/h6-9,14H,3-5,10H2,1-2H3. The summed E-state index contributed by atoms with van der Waals surface area (Å²) in [5.74, 6) is -0.489. The third-order valence-corrected chi connectivity index (χ3v) is 3.81. The quantitative estimate of drug-likeness (QED) is 0.781. The molecule has 1 N–H and O–H groups in total. The van der Waals surface area contributed by atoms with E-state index in [0.29, 0.717) is 6.42 Å². The maximum atomic E-state index is 11.8. The van der Waals surface area contributed by atoms with Crippen LogP contribution in [0.2, 0.25) is 0 Å². The number of ether oxygens (including phenoxy) is 1. The molecule has 5 nitrogen and oxygen atoms in total. The van der Waals surface area contributed by atoms with E-state index < -0.39 is 16.0 Å². The lowest BCUT2D eigenvalue weighted by Gasteiger charge is -2.11. The number of para-hydroxylation sites is 1. The molecule has 0 unspecified atom stereocenters. The van der Waals surface area contributed by atoms with Crippen LogP contribution in [0.25, 0.3) is 0 Å². The van der Waals surface area contributed by atoms with Gasteiger partial charge in [-0.1, -0.05) is 25.5 Å². The second kappa shape index (κ2) is 7.13. The number of unbranched alkanes of at least 4 members (excludes halogenated alkanes) is 1. The highest BCUT2D eigenvalue weighted by molar-refractivity contribution is 7.92. The van der Waals surface area contributed by atoms with Crippen LogP contribution >= 0.6 is 0 Å². The Kier molecular flexibility index (Phi) is 5.82. The molecule has 0 heterocycles. The van der Waals surface area contributed by atoms with Gasteiger partial charge in [-0.25, -0.2) is 13.2 Å². The molecule has 0 atom stereocenters. The van der Waals surface area contributed by atoms with Crippen LogP contribution in [0, 0.1) is 0 Å². The summed E-state index contributed by atoms with van der Waals surface area (Å²) >= 11 is 0. The van der Waals surface area contributed by atoms with Crippen LogP contribution < -0.4 is 4.72 Å². The fraction of sp³-hybridized carbons (Fsp3) is 0.462. The Bertz CT molecular complexity index is 525. The van der Waals surface area contributed by atoms with Gasteiger partial charge in [0.05, 0.1) is 23.6 Å². The van der Waals surface area contributed by atoms with Crippen LogP contribution in [-0.2, 0) is 14.8 Å². The van der Waals surface area contributed by atoms with Crippen LogP contribution in [0.15, 0.2) is 24.3 Å². The monoisotopic (exact) mass is 285 g/mol. The topological polar surface area (TPSA) is 72.5 Å². The van der Waals surface area contributed by atoms with Gasteiger partial charge >= 0.3 is 5.97 Å². The summed E-state index contributed by atoms with van der Waals surface area (Å²) in [6.45, 7) is 3.86. The molecule has 0 aliphatic rings. The van der Waals surface area contributed by atoms with Gasteiger partial charge in [0.2, 0.25) is 10.0 Å². The number of sulfonamides is 1. The van der Waals surface area contributed by atoms with Crippen molar-refractivity contribution in [1.82, 2.24) is 0 Å².